The van der Waals surface area contributed by atoms with Crippen LogP contribution in [0.2, 0.25) is 0 Å². The van der Waals surface area contributed by atoms with Crippen LogP contribution < -0.4 is 9.64 Å². The molecule has 1 aliphatic heterocycles. The lowest BCUT2D eigenvalue weighted by atomic mass is 9.96. The highest BCUT2D eigenvalue weighted by molar-refractivity contribution is 5.96. The van der Waals surface area contributed by atoms with Crippen LogP contribution in [0.1, 0.15) is 34.8 Å². The molecule has 1 atom stereocenters. The largest absolute Gasteiger partial charge is 0.483 e. The van der Waals surface area contributed by atoms with Gasteiger partial charge < -0.3 is 14.4 Å². The Morgan fingerprint density at radius 1 is 1.19 bits per heavy atom. The number of anilines is 1. The maximum absolute atomic E-state index is 12.8. The minimum absolute atomic E-state index is 0.0792. The molecule has 0 aliphatic carbocycles. The van der Waals surface area contributed by atoms with Gasteiger partial charge in [0.05, 0.1) is 12.7 Å². The van der Waals surface area contributed by atoms with E-state index in [0.29, 0.717) is 11.3 Å². The van der Waals surface area contributed by atoms with Gasteiger partial charge >= 0.3 is 5.97 Å². The first-order valence-electron chi connectivity index (χ1n) is 8.73. The van der Waals surface area contributed by atoms with Crippen molar-refractivity contribution in [1.29, 1.82) is 0 Å². The van der Waals surface area contributed by atoms with E-state index in [4.69, 9.17) is 9.47 Å². The number of carbonyl (C=O) groups excluding carboxylic acids is 2. The molecular weight excluding hydrogens is 330 g/mol. The summed E-state index contributed by atoms with van der Waals surface area (Å²) >= 11 is 0. The zero-order valence-electron chi connectivity index (χ0n) is 15.3. The zero-order valence-corrected chi connectivity index (χ0v) is 15.3. The van der Waals surface area contributed by atoms with Gasteiger partial charge in [0.25, 0.3) is 5.91 Å². The number of amides is 1. The fraction of sp³-hybridized carbons (Fsp3) is 0.333. The molecule has 136 valence electrons. The Kier molecular flexibility index (Phi) is 5.26. The van der Waals surface area contributed by atoms with Crippen molar-refractivity contribution in [2.24, 2.45) is 0 Å². The Hall–Kier alpha value is -2.82. The lowest BCUT2D eigenvalue weighted by molar-refractivity contribution is -0.121. The van der Waals surface area contributed by atoms with Gasteiger partial charge in [-0.2, -0.15) is 0 Å². The third-order valence-electron chi connectivity index (χ3n) is 4.75. The summed E-state index contributed by atoms with van der Waals surface area (Å²) < 4.78 is 10.5. The molecule has 26 heavy (non-hydrogen) atoms. The van der Waals surface area contributed by atoms with Crippen LogP contribution in [0.4, 0.5) is 5.69 Å². The number of fused-ring (bicyclic) bond motifs is 1. The van der Waals surface area contributed by atoms with E-state index in [0.717, 1.165) is 24.1 Å². The van der Waals surface area contributed by atoms with Gasteiger partial charge in [-0.1, -0.05) is 24.3 Å². The van der Waals surface area contributed by atoms with Crippen LogP contribution >= 0.6 is 0 Å². The number of methoxy groups -OCH3 is 1. The average Bonchev–Trinajstić information content (AvgIpc) is 2.66. The number of hydrogen-bond acceptors (Lipinski definition) is 4. The van der Waals surface area contributed by atoms with Crippen molar-refractivity contribution in [3.05, 3.63) is 59.2 Å². The number of esters is 1. The molecule has 0 fully saturated rings. The highest BCUT2D eigenvalue weighted by Gasteiger charge is 2.28. The molecule has 0 saturated heterocycles. The Balaban J connectivity index is 1.76. The molecule has 2 aromatic rings. The Labute approximate surface area is 153 Å². The van der Waals surface area contributed by atoms with Gasteiger partial charge in [-0.15, -0.1) is 0 Å². The summed E-state index contributed by atoms with van der Waals surface area (Å²) in [5.74, 6) is -0.00789. The van der Waals surface area contributed by atoms with E-state index < -0.39 is 5.97 Å². The molecule has 1 unspecified atom stereocenters. The van der Waals surface area contributed by atoms with Crippen LogP contribution in [0.15, 0.2) is 42.5 Å². The van der Waals surface area contributed by atoms with Crippen molar-refractivity contribution in [2.75, 3.05) is 18.6 Å². The molecule has 0 N–H and O–H groups in total. The number of benzene rings is 2. The van der Waals surface area contributed by atoms with Crippen molar-refractivity contribution in [2.45, 2.75) is 32.7 Å². The van der Waals surface area contributed by atoms with E-state index in [2.05, 4.69) is 13.0 Å². The number of aryl methyl sites for hydroxylation is 2. The zero-order chi connectivity index (χ0) is 18.7. The SMILES string of the molecule is COC(=O)c1ccc(C)c(OCC(=O)N2c3ccccc3CCC2C)c1. The molecule has 5 nitrogen and oxygen atoms in total. The van der Waals surface area contributed by atoms with E-state index in [1.807, 2.05) is 30.0 Å². The Morgan fingerprint density at radius 2 is 1.96 bits per heavy atom. The lowest BCUT2D eigenvalue weighted by Crippen LogP contribution is -2.44. The third-order valence-corrected chi connectivity index (χ3v) is 4.75. The van der Waals surface area contributed by atoms with Gasteiger partial charge in [0.15, 0.2) is 6.61 Å². The average molecular weight is 353 g/mol. The van der Waals surface area contributed by atoms with E-state index in [-0.39, 0.29) is 18.6 Å². The van der Waals surface area contributed by atoms with Crippen LogP contribution in [0, 0.1) is 6.92 Å². The second-order valence-electron chi connectivity index (χ2n) is 6.54. The van der Waals surface area contributed by atoms with Gasteiger partial charge in [-0.25, -0.2) is 4.79 Å². The summed E-state index contributed by atoms with van der Waals surface area (Å²) in [7, 11) is 1.33. The van der Waals surface area contributed by atoms with Crippen molar-refractivity contribution >= 4 is 17.6 Å². The van der Waals surface area contributed by atoms with Gasteiger partial charge in [-0.3, -0.25) is 4.79 Å². The maximum atomic E-state index is 12.8. The molecule has 3 rings (SSSR count). The molecular formula is C21H23NO4. The maximum Gasteiger partial charge on any atom is 0.337 e. The summed E-state index contributed by atoms with van der Waals surface area (Å²) in [4.78, 5) is 26.3. The van der Waals surface area contributed by atoms with E-state index in [1.54, 1.807) is 18.2 Å². The summed E-state index contributed by atoms with van der Waals surface area (Å²) in [5.41, 5.74) is 3.40. The van der Waals surface area contributed by atoms with Crippen LogP contribution in [-0.4, -0.2) is 31.6 Å². The van der Waals surface area contributed by atoms with Crippen molar-refractivity contribution < 1.29 is 19.1 Å². The fourth-order valence-electron chi connectivity index (χ4n) is 3.28. The molecule has 1 heterocycles. The number of rotatable bonds is 4. The second kappa shape index (κ2) is 7.60. The molecule has 0 spiro atoms. The van der Waals surface area contributed by atoms with Crippen LogP contribution in [0.5, 0.6) is 5.75 Å². The summed E-state index contributed by atoms with van der Waals surface area (Å²) in [6.45, 7) is 3.85. The van der Waals surface area contributed by atoms with Crippen LogP contribution in [0.25, 0.3) is 0 Å². The normalized spacial score (nSPS) is 16.0. The second-order valence-corrected chi connectivity index (χ2v) is 6.54. The first-order chi connectivity index (χ1) is 12.5. The monoisotopic (exact) mass is 353 g/mol. The molecule has 0 radical (unpaired) electrons. The standard InChI is InChI=1S/C21H23NO4/c1-14-8-10-17(21(24)25-3)12-19(14)26-13-20(23)22-15(2)9-11-16-6-4-5-7-18(16)22/h4-8,10,12,15H,9,11,13H2,1-3H3. The quantitative estimate of drug-likeness (QED) is 0.789. The third kappa shape index (κ3) is 3.57. The van der Waals surface area contributed by atoms with Crippen molar-refractivity contribution in [3.63, 3.8) is 0 Å². The molecule has 0 aromatic heterocycles. The van der Waals surface area contributed by atoms with Gasteiger partial charge in [-0.05, 0) is 56.0 Å². The van der Waals surface area contributed by atoms with Gasteiger partial charge in [0.2, 0.25) is 0 Å². The van der Waals surface area contributed by atoms with Gasteiger partial charge in [0.1, 0.15) is 5.75 Å². The van der Waals surface area contributed by atoms with E-state index in [1.165, 1.54) is 12.7 Å². The summed E-state index contributed by atoms with van der Waals surface area (Å²) in [6, 6.07) is 13.2. The van der Waals surface area contributed by atoms with Crippen LogP contribution in [0.3, 0.4) is 0 Å². The van der Waals surface area contributed by atoms with E-state index in [9.17, 15) is 9.59 Å². The topological polar surface area (TPSA) is 55.8 Å². The number of ether oxygens (including phenoxy) is 2. The minimum Gasteiger partial charge on any atom is -0.483 e. The molecule has 0 bridgehead atoms. The Morgan fingerprint density at radius 3 is 2.73 bits per heavy atom. The first-order valence-corrected chi connectivity index (χ1v) is 8.73. The van der Waals surface area contributed by atoms with E-state index >= 15 is 0 Å². The molecule has 1 aliphatic rings. The number of para-hydroxylation sites is 1. The van der Waals surface area contributed by atoms with Gasteiger partial charge in [0, 0.05) is 11.7 Å². The molecule has 2 aromatic carbocycles. The fourth-order valence-corrected chi connectivity index (χ4v) is 3.28. The van der Waals surface area contributed by atoms with Crippen molar-refractivity contribution in [1.82, 2.24) is 0 Å². The molecule has 1 amide bonds. The van der Waals surface area contributed by atoms with Crippen molar-refractivity contribution in [3.8, 4) is 5.75 Å². The van der Waals surface area contributed by atoms with Crippen LogP contribution in [-0.2, 0) is 16.0 Å². The smallest absolute Gasteiger partial charge is 0.337 e. The molecule has 0 saturated carbocycles. The predicted molar refractivity (Wildman–Crippen MR) is 99.7 cm³/mol. The summed E-state index contributed by atoms with van der Waals surface area (Å²) in [6.07, 6.45) is 1.90. The first kappa shape index (κ1) is 18.0. The minimum atomic E-state index is -0.431. The Bertz CT molecular complexity index is 831. The molecule has 5 heteroatoms. The highest BCUT2D eigenvalue weighted by atomic mass is 16.5. The number of nitrogens with zero attached hydrogens (tertiary/aromatic N) is 1. The number of hydrogen-bond donors (Lipinski definition) is 0. The lowest BCUT2D eigenvalue weighted by Gasteiger charge is -2.35. The highest BCUT2D eigenvalue weighted by Crippen LogP contribution is 2.30. The predicted octanol–water partition coefficient (Wildman–Crippen LogP) is 3.53. The summed E-state index contributed by atoms with van der Waals surface area (Å²) in [5, 5.41) is 0. The number of carbonyl (C=O) groups is 2.